The normalized spacial score (nSPS) is 21.6. The first-order valence-corrected chi connectivity index (χ1v) is 15.6. The summed E-state index contributed by atoms with van der Waals surface area (Å²) in [5.41, 5.74) is -0.686. The lowest BCUT2D eigenvalue weighted by atomic mass is 9.76. The Labute approximate surface area is 244 Å². The number of halogens is 2. The average molecular weight is 602 g/mol. The van der Waals surface area contributed by atoms with E-state index in [1.54, 1.807) is 37.4 Å². The van der Waals surface area contributed by atoms with Gasteiger partial charge in [0.15, 0.2) is 5.72 Å². The molecule has 2 aliphatic heterocycles. The molecule has 0 radical (unpaired) electrons. The fraction of sp³-hybridized carbons (Fsp3) is 0.400. The molecule has 5 rings (SSSR count). The van der Waals surface area contributed by atoms with E-state index in [1.807, 2.05) is 19.1 Å². The molecule has 1 fully saturated rings. The second-order valence-corrected chi connectivity index (χ2v) is 13.5. The number of ether oxygens (including phenoxy) is 1. The molecule has 0 spiro atoms. The van der Waals surface area contributed by atoms with E-state index in [-0.39, 0.29) is 42.2 Å². The van der Waals surface area contributed by atoms with E-state index < -0.39 is 33.1 Å². The van der Waals surface area contributed by atoms with Gasteiger partial charge in [-0.1, -0.05) is 29.8 Å². The van der Waals surface area contributed by atoms with Gasteiger partial charge in [0.05, 0.1) is 35.2 Å². The fourth-order valence-corrected chi connectivity index (χ4v) is 7.06. The van der Waals surface area contributed by atoms with Gasteiger partial charge in [0.1, 0.15) is 5.82 Å². The molecule has 3 aromatic rings. The van der Waals surface area contributed by atoms with Gasteiger partial charge in [-0.05, 0) is 74.1 Å². The number of fused-ring (bicyclic) bond motifs is 1. The molecule has 1 aromatic heterocycles. The van der Waals surface area contributed by atoms with Gasteiger partial charge in [-0.3, -0.25) is 14.7 Å². The van der Waals surface area contributed by atoms with E-state index in [2.05, 4.69) is 4.98 Å². The topological polar surface area (TPSA) is 100 Å². The molecule has 218 valence electrons. The molecule has 8 nitrogen and oxygen atoms in total. The van der Waals surface area contributed by atoms with Crippen LogP contribution in [-0.2, 0) is 32.6 Å². The number of piperidine rings is 1. The number of pyridine rings is 1. The Morgan fingerprint density at radius 1 is 1.17 bits per heavy atom. The second kappa shape index (κ2) is 10.7. The highest BCUT2D eigenvalue weighted by Crippen LogP contribution is 2.49. The van der Waals surface area contributed by atoms with Crippen LogP contribution in [0.25, 0.3) is 0 Å². The predicted molar refractivity (Wildman–Crippen MR) is 153 cm³/mol. The van der Waals surface area contributed by atoms with Crippen molar-refractivity contribution in [1.82, 2.24) is 14.2 Å². The maximum absolute atomic E-state index is 16.4. The highest BCUT2D eigenvalue weighted by Gasteiger charge is 2.54. The molecule has 0 bridgehead atoms. The summed E-state index contributed by atoms with van der Waals surface area (Å²) in [4.78, 5) is 20.0. The Kier molecular flexibility index (Phi) is 7.76. The SMILES string of the molecule is CO[C@]1(c2ccc(Cl)cc2)c2c(F)cc(C(C)(O)C3CCN(S(C)(=O)=O)CC3)cc2C(=O)N1Cc1ccc(C)cn1. The highest BCUT2D eigenvalue weighted by molar-refractivity contribution is 7.88. The van der Waals surface area contributed by atoms with Crippen molar-refractivity contribution < 1.29 is 27.4 Å². The van der Waals surface area contributed by atoms with E-state index >= 15 is 4.39 Å². The first kappa shape index (κ1) is 29.6. The number of hydrogen-bond donors (Lipinski definition) is 1. The van der Waals surface area contributed by atoms with Crippen molar-refractivity contribution in [2.75, 3.05) is 26.5 Å². The number of aromatic nitrogens is 1. The van der Waals surface area contributed by atoms with E-state index in [9.17, 15) is 18.3 Å². The third-order valence-electron chi connectivity index (χ3n) is 8.41. The first-order chi connectivity index (χ1) is 19.3. The molecule has 1 amide bonds. The van der Waals surface area contributed by atoms with Crippen LogP contribution in [0.15, 0.2) is 54.7 Å². The van der Waals surface area contributed by atoms with E-state index in [1.165, 1.54) is 28.4 Å². The zero-order chi connectivity index (χ0) is 29.7. The van der Waals surface area contributed by atoms with Crippen molar-refractivity contribution in [2.45, 2.75) is 44.6 Å². The molecule has 2 aliphatic rings. The van der Waals surface area contributed by atoms with Gasteiger partial charge >= 0.3 is 0 Å². The smallest absolute Gasteiger partial charge is 0.257 e. The highest BCUT2D eigenvalue weighted by atomic mass is 35.5. The van der Waals surface area contributed by atoms with Crippen molar-refractivity contribution in [3.8, 4) is 0 Å². The summed E-state index contributed by atoms with van der Waals surface area (Å²) in [7, 11) is -1.92. The third-order valence-corrected chi connectivity index (χ3v) is 9.97. The summed E-state index contributed by atoms with van der Waals surface area (Å²) in [5.74, 6) is -1.51. The molecule has 0 aliphatic carbocycles. The number of rotatable bonds is 7. The van der Waals surface area contributed by atoms with Crippen molar-refractivity contribution in [3.05, 3.63) is 99.1 Å². The minimum atomic E-state index is -3.35. The Bertz CT molecular complexity index is 1570. The monoisotopic (exact) mass is 601 g/mol. The summed E-state index contributed by atoms with van der Waals surface area (Å²) in [6.07, 6.45) is 3.65. The van der Waals surface area contributed by atoms with Crippen LogP contribution in [0.3, 0.4) is 0 Å². The van der Waals surface area contributed by atoms with Gasteiger partial charge in [0.25, 0.3) is 5.91 Å². The van der Waals surface area contributed by atoms with Gasteiger partial charge in [-0.15, -0.1) is 0 Å². The van der Waals surface area contributed by atoms with Crippen LogP contribution in [0, 0.1) is 18.7 Å². The maximum atomic E-state index is 16.4. The van der Waals surface area contributed by atoms with Crippen LogP contribution in [-0.4, -0.2) is 60.1 Å². The average Bonchev–Trinajstić information content (AvgIpc) is 3.18. The molecule has 41 heavy (non-hydrogen) atoms. The Morgan fingerprint density at radius 2 is 1.83 bits per heavy atom. The summed E-state index contributed by atoms with van der Waals surface area (Å²) in [6.45, 7) is 4.05. The van der Waals surface area contributed by atoms with E-state index in [0.717, 1.165) is 11.8 Å². The molecular formula is C30H33ClFN3O5S. The number of carbonyl (C=O) groups is 1. The molecule has 0 saturated carbocycles. The van der Waals surface area contributed by atoms with Crippen molar-refractivity contribution in [1.29, 1.82) is 0 Å². The molecule has 1 N–H and O–H groups in total. The predicted octanol–water partition coefficient (Wildman–Crippen LogP) is 4.57. The fourth-order valence-electron chi connectivity index (χ4n) is 6.06. The van der Waals surface area contributed by atoms with Crippen molar-refractivity contribution in [2.24, 2.45) is 5.92 Å². The molecule has 1 saturated heterocycles. The Morgan fingerprint density at radius 3 is 2.39 bits per heavy atom. The maximum Gasteiger partial charge on any atom is 0.257 e. The van der Waals surface area contributed by atoms with Crippen LogP contribution >= 0.6 is 11.6 Å². The summed E-state index contributed by atoms with van der Waals surface area (Å²) in [5, 5.41) is 12.2. The molecule has 1 unspecified atom stereocenters. The van der Waals surface area contributed by atoms with Gasteiger partial charge in [0, 0.05) is 37.0 Å². The van der Waals surface area contributed by atoms with Crippen LogP contribution in [0.1, 0.15) is 58.1 Å². The van der Waals surface area contributed by atoms with Gasteiger partial charge < -0.3 is 9.84 Å². The Balaban J connectivity index is 1.60. The van der Waals surface area contributed by atoms with Gasteiger partial charge in [-0.2, -0.15) is 0 Å². The van der Waals surface area contributed by atoms with Crippen LogP contribution < -0.4 is 0 Å². The minimum Gasteiger partial charge on any atom is -0.385 e. The zero-order valence-corrected chi connectivity index (χ0v) is 25.0. The molecular weight excluding hydrogens is 569 g/mol. The standard InChI is InChI=1S/C30H33ClFN3O5S/c1-19-5-10-24(33-17-19)18-35-28(36)25-15-22(29(2,37)20-11-13-34(14-12-20)41(4,38)39)16-26(32)27(25)30(35,40-3)21-6-8-23(31)9-7-21/h5-10,15-17,20,37H,11-14,18H2,1-4H3/t29?,30-/m1/s1. The number of methoxy groups -OCH3 is 1. The van der Waals surface area contributed by atoms with Gasteiger partial charge in [-0.25, -0.2) is 17.1 Å². The number of aliphatic hydroxyl groups is 1. The number of amides is 1. The summed E-state index contributed by atoms with van der Waals surface area (Å²) < 4.78 is 47.7. The van der Waals surface area contributed by atoms with Crippen LogP contribution in [0.5, 0.6) is 0 Å². The van der Waals surface area contributed by atoms with Crippen LogP contribution in [0.2, 0.25) is 5.02 Å². The minimum absolute atomic E-state index is 0.0410. The van der Waals surface area contributed by atoms with Crippen molar-refractivity contribution in [3.63, 3.8) is 0 Å². The van der Waals surface area contributed by atoms with Gasteiger partial charge in [0.2, 0.25) is 10.0 Å². The summed E-state index contributed by atoms with van der Waals surface area (Å²) >= 11 is 6.16. The van der Waals surface area contributed by atoms with Crippen molar-refractivity contribution >= 4 is 27.5 Å². The third kappa shape index (κ3) is 5.17. The first-order valence-electron chi connectivity index (χ1n) is 13.4. The number of nitrogens with zero attached hydrogens (tertiary/aromatic N) is 3. The van der Waals surface area contributed by atoms with E-state index in [0.29, 0.717) is 29.1 Å². The number of benzene rings is 2. The Hall–Kier alpha value is -2.89. The quantitative estimate of drug-likeness (QED) is 0.426. The number of aryl methyl sites for hydroxylation is 1. The molecule has 2 aromatic carbocycles. The summed E-state index contributed by atoms with van der Waals surface area (Å²) in [6, 6.07) is 13.2. The molecule has 3 heterocycles. The van der Waals surface area contributed by atoms with E-state index in [4.69, 9.17) is 16.3 Å². The largest absolute Gasteiger partial charge is 0.385 e. The molecule has 11 heteroatoms. The number of carbonyl (C=O) groups excluding carboxylic acids is 1. The lowest BCUT2D eigenvalue weighted by molar-refractivity contribution is -0.0886. The number of sulfonamides is 1. The lowest BCUT2D eigenvalue weighted by Crippen LogP contribution is -2.46. The number of hydrogen-bond acceptors (Lipinski definition) is 6. The second-order valence-electron chi connectivity index (χ2n) is 11.0. The molecule has 2 atom stereocenters. The zero-order valence-electron chi connectivity index (χ0n) is 23.4. The lowest BCUT2D eigenvalue weighted by Gasteiger charge is -2.39. The van der Waals surface area contributed by atoms with Crippen LogP contribution in [0.4, 0.5) is 4.39 Å².